The number of nitrogens with zero attached hydrogens (tertiary/aromatic N) is 1. The van der Waals surface area contributed by atoms with Gasteiger partial charge in [-0.05, 0) is 31.2 Å². The first-order valence-electron chi connectivity index (χ1n) is 6.25. The van der Waals surface area contributed by atoms with Gasteiger partial charge in [0.25, 0.3) is 0 Å². The highest BCUT2D eigenvalue weighted by atomic mass is 79.9. The smallest absolute Gasteiger partial charge is 0.339 e. The number of hydrogen-bond donors (Lipinski definition) is 1. The van der Waals surface area contributed by atoms with Crippen LogP contribution in [0.1, 0.15) is 27.9 Å². The summed E-state index contributed by atoms with van der Waals surface area (Å²) in [6.45, 7) is 1.73. The van der Waals surface area contributed by atoms with E-state index in [1.165, 1.54) is 7.11 Å². The molecule has 0 spiro atoms. The van der Waals surface area contributed by atoms with Crippen LogP contribution in [0.2, 0.25) is 0 Å². The Morgan fingerprint density at radius 3 is 2.90 bits per heavy atom. The maximum Gasteiger partial charge on any atom is 0.339 e. The van der Waals surface area contributed by atoms with E-state index in [1.54, 1.807) is 19.1 Å². The fraction of sp³-hybridized carbons (Fsp3) is 0.200. The van der Waals surface area contributed by atoms with Crippen molar-refractivity contribution >= 4 is 21.9 Å². The molecule has 0 fully saturated rings. The maximum atomic E-state index is 11.7. The molecule has 1 aliphatic heterocycles. The lowest BCUT2D eigenvalue weighted by Crippen LogP contribution is -2.17. The quantitative estimate of drug-likeness (QED) is 0.801. The summed E-state index contributed by atoms with van der Waals surface area (Å²) in [5, 5.41) is 10.1. The number of aryl methyl sites for hydroxylation is 1. The minimum absolute atomic E-state index is 0.317. The monoisotopic (exact) mass is 349 g/mol. The van der Waals surface area contributed by atoms with Crippen molar-refractivity contribution in [1.29, 1.82) is 0 Å². The van der Waals surface area contributed by atoms with Gasteiger partial charge in [-0.15, -0.1) is 0 Å². The third kappa shape index (κ3) is 2.30. The maximum absolute atomic E-state index is 11.7. The van der Waals surface area contributed by atoms with Gasteiger partial charge in [-0.1, -0.05) is 15.9 Å². The Morgan fingerprint density at radius 1 is 1.43 bits per heavy atom. The molecule has 0 saturated carbocycles. The molecule has 0 aliphatic carbocycles. The van der Waals surface area contributed by atoms with E-state index in [4.69, 9.17) is 9.47 Å². The van der Waals surface area contributed by atoms with Crippen LogP contribution in [0.5, 0.6) is 5.75 Å². The molecule has 1 atom stereocenters. The highest BCUT2D eigenvalue weighted by Crippen LogP contribution is 2.42. The zero-order valence-electron chi connectivity index (χ0n) is 11.4. The number of fused-ring (bicyclic) bond motifs is 3. The molecule has 1 aromatic heterocycles. The molecule has 2 aromatic rings. The normalized spacial score (nSPS) is 15.7. The summed E-state index contributed by atoms with van der Waals surface area (Å²) in [5.41, 5.74) is 2.68. The van der Waals surface area contributed by atoms with Gasteiger partial charge >= 0.3 is 5.97 Å². The standard InChI is InChI=1S/C15H12BrNO4/c1-7-9(14(18)20-2)6-11-13(17-7)10-5-8(16)3-4-12(10)21-15(11)19/h3-6,15,19H,1-2H3/t15-/m0/s1. The van der Waals surface area contributed by atoms with E-state index in [0.717, 1.165) is 10.0 Å². The lowest BCUT2D eigenvalue weighted by atomic mass is 9.99. The molecular weight excluding hydrogens is 338 g/mol. The number of aliphatic hydroxyl groups excluding tert-OH is 1. The van der Waals surface area contributed by atoms with Crippen molar-refractivity contribution in [2.45, 2.75) is 13.2 Å². The van der Waals surface area contributed by atoms with Crippen molar-refractivity contribution < 1.29 is 19.4 Å². The Labute approximate surface area is 129 Å². The van der Waals surface area contributed by atoms with Crippen LogP contribution in [-0.2, 0) is 4.74 Å². The summed E-state index contributed by atoms with van der Waals surface area (Å²) >= 11 is 3.40. The molecule has 0 radical (unpaired) electrons. The third-order valence-electron chi connectivity index (χ3n) is 3.35. The molecule has 2 heterocycles. The average Bonchev–Trinajstić information content (AvgIpc) is 2.47. The third-order valence-corrected chi connectivity index (χ3v) is 3.84. The zero-order chi connectivity index (χ0) is 15.1. The summed E-state index contributed by atoms with van der Waals surface area (Å²) in [7, 11) is 1.31. The average molecular weight is 350 g/mol. The number of carbonyl (C=O) groups excluding carboxylic acids is 1. The lowest BCUT2D eigenvalue weighted by molar-refractivity contribution is -0.0217. The fourth-order valence-corrected chi connectivity index (χ4v) is 2.68. The minimum atomic E-state index is -1.16. The SMILES string of the molecule is COC(=O)c1cc2c(nc1C)-c1cc(Br)ccc1O[C@@H]2O. The second-order valence-corrected chi connectivity index (χ2v) is 5.58. The summed E-state index contributed by atoms with van der Waals surface area (Å²) in [5.74, 6) is 0.0611. The number of rotatable bonds is 1. The molecule has 5 nitrogen and oxygen atoms in total. The van der Waals surface area contributed by atoms with Crippen LogP contribution in [0.4, 0.5) is 0 Å². The van der Waals surface area contributed by atoms with Crippen LogP contribution in [0.15, 0.2) is 28.7 Å². The van der Waals surface area contributed by atoms with Gasteiger partial charge in [-0.2, -0.15) is 0 Å². The molecule has 21 heavy (non-hydrogen) atoms. The molecule has 0 unspecified atom stereocenters. The van der Waals surface area contributed by atoms with Crippen LogP contribution in [0.3, 0.4) is 0 Å². The van der Waals surface area contributed by atoms with Crippen LogP contribution in [0.25, 0.3) is 11.3 Å². The molecule has 0 amide bonds. The van der Waals surface area contributed by atoms with Crippen LogP contribution in [0, 0.1) is 6.92 Å². The van der Waals surface area contributed by atoms with Crippen molar-refractivity contribution in [2.75, 3.05) is 7.11 Å². The second-order valence-electron chi connectivity index (χ2n) is 4.66. The predicted octanol–water partition coefficient (Wildman–Crippen LogP) is 2.99. The summed E-state index contributed by atoms with van der Waals surface area (Å²) < 4.78 is 11.1. The van der Waals surface area contributed by atoms with Crippen molar-refractivity contribution in [1.82, 2.24) is 4.98 Å². The van der Waals surface area contributed by atoms with Gasteiger partial charge in [0.05, 0.1) is 24.1 Å². The Morgan fingerprint density at radius 2 is 2.19 bits per heavy atom. The first-order valence-corrected chi connectivity index (χ1v) is 7.05. The van der Waals surface area contributed by atoms with Gasteiger partial charge in [0.1, 0.15) is 5.75 Å². The molecule has 1 aromatic carbocycles. The van der Waals surface area contributed by atoms with E-state index in [9.17, 15) is 9.90 Å². The summed E-state index contributed by atoms with van der Waals surface area (Å²) in [6, 6.07) is 7.02. The number of methoxy groups -OCH3 is 1. The van der Waals surface area contributed by atoms with E-state index in [2.05, 4.69) is 20.9 Å². The van der Waals surface area contributed by atoms with E-state index in [0.29, 0.717) is 28.3 Å². The first-order chi connectivity index (χ1) is 10.0. The highest BCUT2D eigenvalue weighted by Gasteiger charge is 2.28. The topological polar surface area (TPSA) is 68.7 Å². The van der Waals surface area contributed by atoms with E-state index in [-0.39, 0.29) is 0 Å². The Kier molecular flexibility index (Phi) is 3.43. The molecule has 0 saturated heterocycles. The fourth-order valence-electron chi connectivity index (χ4n) is 2.32. The first kappa shape index (κ1) is 14.0. The van der Waals surface area contributed by atoms with Crippen molar-refractivity contribution in [3.63, 3.8) is 0 Å². The zero-order valence-corrected chi connectivity index (χ0v) is 13.0. The van der Waals surface area contributed by atoms with Gasteiger partial charge in [-0.3, -0.25) is 4.98 Å². The largest absolute Gasteiger partial charge is 0.465 e. The number of aliphatic hydroxyl groups is 1. The van der Waals surface area contributed by atoms with Crippen molar-refractivity contribution in [2.24, 2.45) is 0 Å². The van der Waals surface area contributed by atoms with Gasteiger partial charge in [0.15, 0.2) is 0 Å². The van der Waals surface area contributed by atoms with Gasteiger partial charge < -0.3 is 14.6 Å². The number of hydrogen-bond acceptors (Lipinski definition) is 5. The van der Waals surface area contributed by atoms with Crippen molar-refractivity contribution in [3.05, 3.63) is 45.6 Å². The molecular formula is C15H12BrNO4. The molecule has 1 aliphatic rings. The van der Waals surface area contributed by atoms with Crippen LogP contribution < -0.4 is 4.74 Å². The van der Waals surface area contributed by atoms with E-state index >= 15 is 0 Å². The molecule has 108 valence electrons. The van der Waals surface area contributed by atoms with Crippen LogP contribution >= 0.6 is 15.9 Å². The van der Waals surface area contributed by atoms with Gasteiger partial charge in [-0.25, -0.2) is 4.79 Å². The second kappa shape index (κ2) is 5.13. The summed E-state index contributed by atoms with van der Waals surface area (Å²) in [4.78, 5) is 16.2. The number of halogens is 1. The van der Waals surface area contributed by atoms with Gasteiger partial charge in [0.2, 0.25) is 6.29 Å². The number of benzene rings is 1. The molecule has 6 heteroatoms. The number of esters is 1. The Bertz CT molecular complexity index is 745. The van der Waals surface area contributed by atoms with E-state index in [1.807, 2.05) is 12.1 Å². The lowest BCUT2D eigenvalue weighted by Gasteiger charge is -2.25. The highest BCUT2D eigenvalue weighted by molar-refractivity contribution is 9.10. The number of aromatic nitrogens is 1. The Balaban J connectivity index is 2.24. The number of ether oxygens (including phenoxy) is 2. The van der Waals surface area contributed by atoms with E-state index < -0.39 is 12.3 Å². The Hall–Kier alpha value is -1.92. The van der Waals surface area contributed by atoms with Gasteiger partial charge in [0, 0.05) is 15.6 Å². The number of pyridine rings is 1. The summed E-state index contributed by atoms with van der Waals surface area (Å²) in [6.07, 6.45) is -1.16. The molecule has 0 bridgehead atoms. The molecule has 1 N–H and O–H groups in total. The number of carbonyl (C=O) groups is 1. The molecule has 3 rings (SSSR count). The van der Waals surface area contributed by atoms with Crippen molar-refractivity contribution in [3.8, 4) is 17.0 Å². The van der Waals surface area contributed by atoms with Crippen LogP contribution in [-0.4, -0.2) is 23.2 Å². The predicted molar refractivity (Wildman–Crippen MR) is 79.0 cm³/mol. The minimum Gasteiger partial charge on any atom is -0.465 e.